The fourth-order valence-corrected chi connectivity index (χ4v) is 2.85. The molecule has 0 saturated carbocycles. The Labute approximate surface area is 162 Å². The van der Waals surface area contributed by atoms with Crippen LogP contribution in [0.2, 0.25) is 10.0 Å². The van der Waals surface area contributed by atoms with E-state index in [9.17, 15) is 4.79 Å². The standard InChI is InChI=1S/C21H17Cl2NO2/c1-24(2)15-8-6-14(7-9-15)19(25)12-10-16-11-13-20(26-16)17-4-3-5-18(22)21(17)23/h3-13H,1-2H3/b12-10+. The number of carbonyl (C=O) groups excluding carboxylic acids is 1. The summed E-state index contributed by atoms with van der Waals surface area (Å²) in [5, 5.41) is 0.908. The quantitative estimate of drug-likeness (QED) is 0.386. The summed E-state index contributed by atoms with van der Waals surface area (Å²) in [7, 11) is 3.91. The third-order valence-corrected chi connectivity index (χ3v) is 4.73. The van der Waals surface area contributed by atoms with Crippen molar-refractivity contribution in [3.63, 3.8) is 0 Å². The summed E-state index contributed by atoms with van der Waals surface area (Å²) < 4.78 is 5.75. The zero-order valence-electron chi connectivity index (χ0n) is 14.4. The van der Waals surface area contributed by atoms with Crippen LogP contribution >= 0.6 is 23.2 Å². The van der Waals surface area contributed by atoms with Gasteiger partial charge in [-0.1, -0.05) is 29.3 Å². The van der Waals surface area contributed by atoms with Crippen LogP contribution < -0.4 is 4.90 Å². The fourth-order valence-electron chi connectivity index (χ4n) is 2.46. The molecule has 0 fully saturated rings. The third kappa shape index (κ3) is 4.01. The largest absolute Gasteiger partial charge is 0.457 e. The van der Waals surface area contributed by atoms with Crippen molar-refractivity contribution in [2.75, 3.05) is 19.0 Å². The van der Waals surface area contributed by atoms with Crippen molar-refractivity contribution in [2.24, 2.45) is 0 Å². The Bertz CT molecular complexity index is 956. The van der Waals surface area contributed by atoms with E-state index in [0.717, 1.165) is 5.69 Å². The van der Waals surface area contributed by atoms with Crippen molar-refractivity contribution in [3.8, 4) is 11.3 Å². The van der Waals surface area contributed by atoms with Gasteiger partial charge in [0.05, 0.1) is 10.0 Å². The number of benzene rings is 2. The van der Waals surface area contributed by atoms with Gasteiger partial charge in [-0.25, -0.2) is 0 Å². The van der Waals surface area contributed by atoms with Crippen molar-refractivity contribution < 1.29 is 9.21 Å². The average Bonchev–Trinajstić information content (AvgIpc) is 3.11. The third-order valence-electron chi connectivity index (χ3n) is 3.91. The summed E-state index contributed by atoms with van der Waals surface area (Å²) in [5.74, 6) is 1.07. The first-order valence-corrected chi connectivity index (χ1v) is 8.75. The van der Waals surface area contributed by atoms with Crippen LogP contribution in [0.5, 0.6) is 0 Å². The summed E-state index contributed by atoms with van der Waals surface area (Å²) >= 11 is 12.2. The first-order valence-electron chi connectivity index (χ1n) is 8.00. The molecule has 0 bridgehead atoms. The van der Waals surface area contributed by atoms with Gasteiger partial charge in [-0.3, -0.25) is 4.79 Å². The van der Waals surface area contributed by atoms with Gasteiger partial charge in [0, 0.05) is 30.9 Å². The van der Waals surface area contributed by atoms with E-state index in [0.29, 0.717) is 32.7 Å². The fraction of sp³-hybridized carbons (Fsp3) is 0.0952. The second-order valence-electron chi connectivity index (χ2n) is 5.94. The predicted octanol–water partition coefficient (Wildman–Crippen LogP) is 6.22. The number of ketones is 1. The summed E-state index contributed by atoms with van der Waals surface area (Å²) in [5.41, 5.74) is 2.38. The van der Waals surface area contributed by atoms with Crippen molar-refractivity contribution >= 4 is 40.7 Å². The number of rotatable bonds is 5. The number of hydrogen-bond donors (Lipinski definition) is 0. The van der Waals surface area contributed by atoms with E-state index in [1.54, 1.807) is 36.4 Å². The maximum Gasteiger partial charge on any atom is 0.185 e. The number of nitrogens with zero attached hydrogens (tertiary/aromatic N) is 1. The Morgan fingerprint density at radius 2 is 1.73 bits per heavy atom. The minimum atomic E-state index is -0.0888. The second kappa shape index (κ2) is 7.81. The number of allylic oxidation sites excluding steroid dienone is 1. The van der Waals surface area contributed by atoms with Crippen molar-refractivity contribution in [3.05, 3.63) is 82.0 Å². The average molecular weight is 386 g/mol. The predicted molar refractivity (Wildman–Crippen MR) is 108 cm³/mol. The van der Waals surface area contributed by atoms with Gasteiger partial charge in [0.25, 0.3) is 0 Å². The molecule has 1 aromatic heterocycles. The Hall–Kier alpha value is -2.49. The highest BCUT2D eigenvalue weighted by molar-refractivity contribution is 6.43. The molecule has 0 aliphatic rings. The maximum atomic E-state index is 12.3. The van der Waals surface area contributed by atoms with E-state index in [-0.39, 0.29) is 5.78 Å². The normalized spacial score (nSPS) is 11.1. The maximum absolute atomic E-state index is 12.3. The lowest BCUT2D eigenvalue weighted by Gasteiger charge is -2.11. The van der Waals surface area contributed by atoms with Crippen LogP contribution in [0.3, 0.4) is 0 Å². The molecule has 0 aliphatic heterocycles. The lowest BCUT2D eigenvalue weighted by Crippen LogP contribution is -2.08. The van der Waals surface area contributed by atoms with Crippen LogP contribution in [0.1, 0.15) is 16.1 Å². The molecule has 3 rings (SSSR count). The van der Waals surface area contributed by atoms with Crippen LogP contribution in [0.25, 0.3) is 17.4 Å². The Balaban J connectivity index is 1.76. The summed E-state index contributed by atoms with van der Waals surface area (Å²) in [6.45, 7) is 0. The number of furan rings is 1. The molecular formula is C21H17Cl2NO2. The highest BCUT2D eigenvalue weighted by atomic mass is 35.5. The molecular weight excluding hydrogens is 369 g/mol. The van der Waals surface area contributed by atoms with Gasteiger partial charge >= 0.3 is 0 Å². The van der Waals surface area contributed by atoms with E-state index in [4.69, 9.17) is 27.6 Å². The number of carbonyl (C=O) groups is 1. The molecule has 3 nitrogen and oxygen atoms in total. The monoisotopic (exact) mass is 385 g/mol. The molecule has 0 atom stereocenters. The number of hydrogen-bond acceptors (Lipinski definition) is 3. The smallest absolute Gasteiger partial charge is 0.185 e. The van der Waals surface area contributed by atoms with Crippen molar-refractivity contribution in [2.45, 2.75) is 0 Å². The van der Waals surface area contributed by atoms with Gasteiger partial charge in [-0.15, -0.1) is 0 Å². The number of anilines is 1. The molecule has 0 aliphatic carbocycles. The Kier molecular flexibility index (Phi) is 5.50. The Morgan fingerprint density at radius 1 is 1.00 bits per heavy atom. The first-order chi connectivity index (χ1) is 12.5. The van der Waals surface area contributed by atoms with Crippen LogP contribution in [0.15, 0.2) is 65.1 Å². The highest BCUT2D eigenvalue weighted by Gasteiger charge is 2.10. The molecule has 1 heterocycles. The summed E-state index contributed by atoms with van der Waals surface area (Å²) in [6, 6.07) is 16.4. The van der Waals surface area contributed by atoms with Crippen LogP contribution in [-0.2, 0) is 0 Å². The zero-order valence-corrected chi connectivity index (χ0v) is 15.9. The lowest BCUT2D eigenvalue weighted by atomic mass is 10.1. The van der Waals surface area contributed by atoms with Gasteiger partial charge in [-0.2, -0.15) is 0 Å². The van der Waals surface area contributed by atoms with Gasteiger partial charge in [0.1, 0.15) is 11.5 Å². The van der Waals surface area contributed by atoms with E-state index in [2.05, 4.69) is 0 Å². The van der Waals surface area contributed by atoms with Crippen LogP contribution in [0, 0.1) is 0 Å². The lowest BCUT2D eigenvalue weighted by molar-refractivity contribution is 0.104. The van der Waals surface area contributed by atoms with Gasteiger partial charge in [-0.05, 0) is 60.7 Å². The summed E-state index contributed by atoms with van der Waals surface area (Å²) in [6.07, 6.45) is 3.14. The van der Waals surface area contributed by atoms with E-state index < -0.39 is 0 Å². The first kappa shape index (κ1) is 18.3. The molecule has 2 aromatic carbocycles. The molecule has 132 valence electrons. The molecule has 0 N–H and O–H groups in total. The topological polar surface area (TPSA) is 33.5 Å². The molecule has 26 heavy (non-hydrogen) atoms. The molecule has 0 radical (unpaired) electrons. The van der Waals surface area contributed by atoms with E-state index in [1.807, 2.05) is 43.3 Å². The minimum absolute atomic E-state index is 0.0888. The van der Waals surface area contributed by atoms with Crippen molar-refractivity contribution in [1.29, 1.82) is 0 Å². The minimum Gasteiger partial charge on any atom is -0.457 e. The van der Waals surface area contributed by atoms with Crippen LogP contribution in [0.4, 0.5) is 5.69 Å². The van der Waals surface area contributed by atoms with Gasteiger partial charge in [0.2, 0.25) is 0 Å². The Morgan fingerprint density at radius 3 is 2.42 bits per heavy atom. The molecule has 0 saturated heterocycles. The molecule has 5 heteroatoms. The van der Waals surface area contributed by atoms with E-state index in [1.165, 1.54) is 6.08 Å². The van der Waals surface area contributed by atoms with Gasteiger partial charge < -0.3 is 9.32 Å². The molecule has 0 spiro atoms. The van der Waals surface area contributed by atoms with Crippen molar-refractivity contribution in [1.82, 2.24) is 0 Å². The summed E-state index contributed by atoms with van der Waals surface area (Å²) in [4.78, 5) is 14.3. The SMILES string of the molecule is CN(C)c1ccc(C(=O)/C=C/c2ccc(-c3cccc(Cl)c3Cl)o2)cc1. The van der Waals surface area contributed by atoms with E-state index >= 15 is 0 Å². The van der Waals surface area contributed by atoms with Gasteiger partial charge in [0.15, 0.2) is 5.78 Å². The second-order valence-corrected chi connectivity index (χ2v) is 6.73. The highest BCUT2D eigenvalue weighted by Crippen LogP contribution is 2.34. The molecule has 0 amide bonds. The zero-order chi connectivity index (χ0) is 18.7. The number of halogens is 2. The van der Waals surface area contributed by atoms with Crippen LogP contribution in [-0.4, -0.2) is 19.9 Å². The molecule has 0 unspecified atom stereocenters. The molecule has 3 aromatic rings.